The zero-order chi connectivity index (χ0) is 15.7. The molecule has 3 heterocycles. The highest BCUT2D eigenvalue weighted by molar-refractivity contribution is 7.09. The van der Waals surface area contributed by atoms with Gasteiger partial charge < -0.3 is 11.1 Å². The molecule has 0 fully saturated rings. The van der Waals surface area contributed by atoms with Crippen molar-refractivity contribution in [3.05, 3.63) is 44.5 Å². The molecule has 0 radical (unpaired) electrons. The number of nitrogens with zero attached hydrogens (tertiary/aromatic N) is 3. The lowest BCUT2D eigenvalue weighted by molar-refractivity contribution is 0.736. The Hall–Kier alpha value is -1.34. The summed E-state index contributed by atoms with van der Waals surface area (Å²) in [5, 5.41) is 10.2. The second-order valence-corrected chi connectivity index (χ2v) is 6.83. The van der Waals surface area contributed by atoms with Gasteiger partial charge in [-0.3, -0.25) is 0 Å². The molecule has 116 valence electrons. The Labute approximate surface area is 142 Å². The fourth-order valence-corrected chi connectivity index (χ4v) is 3.32. The van der Waals surface area contributed by atoms with E-state index in [2.05, 4.69) is 21.5 Å². The van der Waals surface area contributed by atoms with Gasteiger partial charge in [0, 0.05) is 10.9 Å². The third-order valence-electron chi connectivity index (χ3n) is 3.17. The van der Waals surface area contributed by atoms with Crippen molar-refractivity contribution < 1.29 is 0 Å². The van der Waals surface area contributed by atoms with Crippen LogP contribution in [-0.2, 0) is 13.0 Å². The number of hydrogen-bond donors (Lipinski definition) is 2. The fourth-order valence-electron chi connectivity index (χ4n) is 2.25. The minimum Gasteiger partial charge on any atom is -0.363 e. The van der Waals surface area contributed by atoms with E-state index in [1.54, 1.807) is 15.9 Å². The molecule has 0 bridgehead atoms. The number of aromatic nitrogens is 3. The molecule has 5 nitrogen and oxygen atoms in total. The second-order valence-electron chi connectivity index (χ2n) is 5.10. The minimum absolute atomic E-state index is 0.0147. The standard InChI is InChI=1S/C14H15Cl2N5S/c1-8(17)5-9-6-11-13(18-7-10-3-2-4-22-10)19-14(16)20-21(11)12(9)15/h2-4,6,8H,5,7,17H2,1H3,(H,18,19,20)/t8-/m0/s1. The summed E-state index contributed by atoms with van der Waals surface area (Å²) in [6, 6.07) is 6.04. The number of halogens is 2. The van der Waals surface area contributed by atoms with E-state index in [9.17, 15) is 0 Å². The lowest BCUT2D eigenvalue weighted by Gasteiger charge is -2.06. The molecule has 1 atom stereocenters. The van der Waals surface area contributed by atoms with Gasteiger partial charge in [-0.2, -0.15) is 4.98 Å². The van der Waals surface area contributed by atoms with Crippen LogP contribution in [0.15, 0.2) is 23.6 Å². The van der Waals surface area contributed by atoms with E-state index < -0.39 is 0 Å². The molecular weight excluding hydrogens is 341 g/mol. The Morgan fingerprint density at radius 1 is 1.45 bits per heavy atom. The van der Waals surface area contributed by atoms with Gasteiger partial charge in [-0.25, -0.2) is 4.52 Å². The molecule has 3 rings (SSSR count). The van der Waals surface area contributed by atoms with E-state index >= 15 is 0 Å². The van der Waals surface area contributed by atoms with E-state index in [0.29, 0.717) is 23.9 Å². The molecule has 8 heteroatoms. The highest BCUT2D eigenvalue weighted by Gasteiger charge is 2.15. The largest absolute Gasteiger partial charge is 0.363 e. The number of hydrogen-bond acceptors (Lipinski definition) is 5. The monoisotopic (exact) mass is 355 g/mol. The zero-order valence-electron chi connectivity index (χ0n) is 11.9. The molecule has 3 aromatic rings. The van der Waals surface area contributed by atoms with Crippen molar-refractivity contribution in [3.8, 4) is 0 Å². The molecule has 0 aliphatic rings. The summed E-state index contributed by atoms with van der Waals surface area (Å²) >= 11 is 14.1. The molecule has 0 spiro atoms. The molecule has 3 aromatic heterocycles. The quantitative estimate of drug-likeness (QED) is 0.733. The first-order valence-electron chi connectivity index (χ1n) is 6.80. The van der Waals surface area contributed by atoms with Crippen LogP contribution in [0.3, 0.4) is 0 Å². The lowest BCUT2D eigenvalue weighted by Crippen LogP contribution is -2.17. The molecule has 0 aliphatic carbocycles. The first-order valence-corrected chi connectivity index (χ1v) is 8.43. The summed E-state index contributed by atoms with van der Waals surface area (Å²) in [6.07, 6.45) is 0.671. The Kier molecular flexibility index (Phi) is 4.54. The van der Waals surface area contributed by atoms with Gasteiger partial charge in [0.1, 0.15) is 10.7 Å². The first-order chi connectivity index (χ1) is 10.5. The van der Waals surface area contributed by atoms with Crippen LogP contribution in [0, 0.1) is 0 Å². The van der Waals surface area contributed by atoms with Crippen molar-refractivity contribution >= 4 is 45.9 Å². The van der Waals surface area contributed by atoms with Crippen LogP contribution in [0.25, 0.3) is 5.52 Å². The smallest absolute Gasteiger partial charge is 0.243 e. The van der Waals surface area contributed by atoms with Gasteiger partial charge in [0.2, 0.25) is 5.28 Å². The van der Waals surface area contributed by atoms with Gasteiger partial charge in [0.15, 0.2) is 5.82 Å². The third kappa shape index (κ3) is 3.20. The Morgan fingerprint density at radius 2 is 2.27 bits per heavy atom. The van der Waals surface area contributed by atoms with Gasteiger partial charge in [0.05, 0.1) is 6.54 Å². The second kappa shape index (κ2) is 6.42. The summed E-state index contributed by atoms with van der Waals surface area (Å²) in [4.78, 5) is 5.48. The molecule has 0 unspecified atom stereocenters. The number of nitrogens with two attached hydrogens (primary N) is 1. The van der Waals surface area contributed by atoms with E-state index in [1.807, 2.05) is 24.4 Å². The van der Waals surface area contributed by atoms with Crippen LogP contribution in [0.1, 0.15) is 17.4 Å². The Morgan fingerprint density at radius 3 is 2.95 bits per heavy atom. The number of thiophene rings is 1. The topological polar surface area (TPSA) is 68.2 Å². The number of anilines is 1. The Balaban J connectivity index is 1.98. The maximum atomic E-state index is 6.38. The third-order valence-corrected chi connectivity index (χ3v) is 4.61. The van der Waals surface area contributed by atoms with Crippen molar-refractivity contribution in [3.63, 3.8) is 0 Å². The first kappa shape index (κ1) is 15.6. The highest BCUT2D eigenvalue weighted by Crippen LogP contribution is 2.27. The average Bonchev–Trinajstić information content (AvgIpc) is 3.07. The SMILES string of the molecule is C[C@H](N)Cc1cc2c(NCc3cccs3)nc(Cl)nn2c1Cl. The molecule has 0 saturated carbocycles. The van der Waals surface area contributed by atoms with Crippen LogP contribution >= 0.6 is 34.5 Å². The van der Waals surface area contributed by atoms with E-state index in [4.69, 9.17) is 28.9 Å². The maximum Gasteiger partial charge on any atom is 0.243 e. The normalized spacial score (nSPS) is 12.7. The van der Waals surface area contributed by atoms with E-state index in [-0.39, 0.29) is 11.3 Å². The molecule has 0 saturated heterocycles. The summed E-state index contributed by atoms with van der Waals surface area (Å²) in [5.74, 6) is 0.659. The molecule has 0 aromatic carbocycles. The van der Waals surface area contributed by atoms with Gasteiger partial charge in [0.25, 0.3) is 0 Å². The number of nitrogens with one attached hydrogen (secondary N) is 1. The van der Waals surface area contributed by atoms with E-state index in [0.717, 1.165) is 11.1 Å². The zero-order valence-corrected chi connectivity index (χ0v) is 14.2. The Bertz CT molecular complexity index is 782. The fraction of sp³-hybridized carbons (Fsp3) is 0.286. The molecule has 0 amide bonds. The van der Waals surface area contributed by atoms with Crippen molar-refractivity contribution in [1.82, 2.24) is 14.6 Å². The van der Waals surface area contributed by atoms with Crippen molar-refractivity contribution in [2.75, 3.05) is 5.32 Å². The van der Waals surface area contributed by atoms with Crippen molar-refractivity contribution in [2.24, 2.45) is 5.73 Å². The number of rotatable bonds is 5. The van der Waals surface area contributed by atoms with Crippen LogP contribution in [-0.4, -0.2) is 20.6 Å². The van der Waals surface area contributed by atoms with Crippen LogP contribution < -0.4 is 11.1 Å². The summed E-state index contributed by atoms with van der Waals surface area (Å²) in [5.41, 5.74) is 7.59. The summed E-state index contributed by atoms with van der Waals surface area (Å²) in [6.45, 7) is 2.61. The van der Waals surface area contributed by atoms with Gasteiger partial charge >= 0.3 is 0 Å². The van der Waals surface area contributed by atoms with Gasteiger partial charge in [-0.05, 0) is 48.0 Å². The summed E-state index contributed by atoms with van der Waals surface area (Å²) < 4.78 is 1.60. The molecule has 3 N–H and O–H groups in total. The molecule has 0 aliphatic heterocycles. The lowest BCUT2D eigenvalue weighted by atomic mass is 10.1. The van der Waals surface area contributed by atoms with Crippen LogP contribution in [0.5, 0.6) is 0 Å². The van der Waals surface area contributed by atoms with Gasteiger partial charge in [-0.1, -0.05) is 17.7 Å². The van der Waals surface area contributed by atoms with Crippen molar-refractivity contribution in [1.29, 1.82) is 0 Å². The van der Waals surface area contributed by atoms with Gasteiger partial charge in [-0.15, -0.1) is 16.4 Å². The minimum atomic E-state index is 0.0147. The maximum absolute atomic E-state index is 6.38. The predicted molar refractivity (Wildman–Crippen MR) is 92.0 cm³/mol. The predicted octanol–water partition coefficient (Wildman–Crippen LogP) is 3.60. The highest BCUT2D eigenvalue weighted by atomic mass is 35.5. The van der Waals surface area contributed by atoms with E-state index in [1.165, 1.54) is 4.88 Å². The molecule has 22 heavy (non-hydrogen) atoms. The van der Waals surface area contributed by atoms with Crippen molar-refractivity contribution in [2.45, 2.75) is 25.9 Å². The van der Waals surface area contributed by atoms with Crippen LogP contribution in [0.4, 0.5) is 5.82 Å². The molecular formula is C14H15Cl2N5S. The summed E-state index contributed by atoms with van der Waals surface area (Å²) in [7, 11) is 0. The van der Waals surface area contributed by atoms with Crippen LogP contribution in [0.2, 0.25) is 10.4 Å². The number of fused-ring (bicyclic) bond motifs is 1. The average molecular weight is 356 g/mol.